The van der Waals surface area contributed by atoms with E-state index in [4.69, 9.17) is 47.4 Å². The molecule has 0 saturated carbocycles. The second-order valence-electron chi connectivity index (χ2n) is 15.7. The molecule has 2 heterocycles. The number of urea groups is 1. The van der Waals surface area contributed by atoms with Crippen LogP contribution < -0.4 is 24.8 Å². The van der Waals surface area contributed by atoms with Crippen molar-refractivity contribution in [2.75, 3.05) is 13.7 Å². The maximum Gasteiger partial charge on any atom is 0.328 e. The minimum absolute atomic E-state index is 0.0899. The minimum Gasteiger partial charge on any atom is -0.489 e. The first kappa shape index (κ1) is 43.6. The third kappa shape index (κ3) is 10.1. The molecule has 4 atom stereocenters. The van der Waals surface area contributed by atoms with Crippen LogP contribution >= 0.6 is 23.2 Å². The summed E-state index contributed by atoms with van der Waals surface area (Å²) in [5, 5.41) is 16.1. The molecule has 11 nitrogen and oxygen atoms in total. The number of carbonyl (C=O) groups excluding carboxylic acids is 3. The van der Waals surface area contributed by atoms with Crippen LogP contribution in [0.15, 0.2) is 133 Å². The third-order valence-corrected chi connectivity index (χ3v) is 12.2. The van der Waals surface area contributed by atoms with Gasteiger partial charge in [-0.2, -0.15) is 5.26 Å². The Morgan fingerprint density at radius 2 is 1.50 bits per heavy atom. The highest BCUT2D eigenvalue weighted by Gasteiger charge is 2.38. The Kier molecular flexibility index (Phi) is 13.4. The van der Waals surface area contributed by atoms with E-state index in [2.05, 4.69) is 16.7 Å². The van der Waals surface area contributed by atoms with Gasteiger partial charge in [0.2, 0.25) is 5.91 Å². The van der Waals surface area contributed by atoms with Gasteiger partial charge in [0.15, 0.2) is 17.6 Å². The smallest absolute Gasteiger partial charge is 0.328 e. The number of methoxy groups -OCH3 is 1. The summed E-state index contributed by atoms with van der Waals surface area (Å²) in [5.74, 6) is 0.605. The van der Waals surface area contributed by atoms with Gasteiger partial charge in [-0.25, -0.2) is 9.59 Å². The second-order valence-corrected chi connectivity index (χ2v) is 16.5. The van der Waals surface area contributed by atoms with Gasteiger partial charge < -0.3 is 34.5 Å². The lowest BCUT2D eigenvalue weighted by Gasteiger charge is -2.38. The van der Waals surface area contributed by atoms with Crippen LogP contribution in [0.1, 0.15) is 58.0 Å². The van der Waals surface area contributed by atoms with E-state index in [1.54, 1.807) is 24.3 Å². The van der Waals surface area contributed by atoms with E-state index in [1.807, 2.05) is 116 Å². The van der Waals surface area contributed by atoms with Crippen LogP contribution in [0.3, 0.4) is 0 Å². The Morgan fingerprint density at radius 1 is 0.812 bits per heavy atom. The van der Waals surface area contributed by atoms with Crippen molar-refractivity contribution in [1.29, 1.82) is 5.26 Å². The number of halogens is 2. The summed E-state index contributed by atoms with van der Waals surface area (Å²) in [5.41, 5.74) is 7.53. The average Bonchev–Trinajstić information content (AvgIpc) is 3.33. The molecule has 64 heavy (non-hydrogen) atoms. The zero-order chi connectivity index (χ0) is 44.7. The van der Waals surface area contributed by atoms with E-state index in [-0.39, 0.29) is 32.0 Å². The molecule has 6 aromatic rings. The van der Waals surface area contributed by atoms with Crippen LogP contribution in [0.2, 0.25) is 10.0 Å². The highest BCUT2D eigenvalue weighted by molar-refractivity contribution is 6.42. The van der Waals surface area contributed by atoms with Crippen LogP contribution in [0.25, 0.3) is 11.1 Å². The topological polar surface area (TPSA) is 139 Å². The number of hydrogen-bond donors (Lipinski definition) is 2. The molecule has 8 rings (SSSR count). The molecule has 6 aromatic carbocycles. The molecule has 0 fully saturated rings. The molecule has 3 amide bonds. The van der Waals surface area contributed by atoms with E-state index >= 15 is 0 Å². The Balaban J connectivity index is 0.990. The lowest BCUT2D eigenvalue weighted by atomic mass is 9.92. The van der Waals surface area contributed by atoms with Gasteiger partial charge in [-0.05, 0) is 100.0 Å². The van der Waals surface area contributed by atoms with Gasteiger partial charge >= 0.3 is 12.0 Å². The number of esters is 1. The molecule has 2 aliphatic heterocycles. The summed E-state index contributed by atoms with van der Waals surface area (Å²) < 4.78 is 23.9. The van der Waals surface area contributed by atoms with Crippen molar-refractivity contribution in [3.63, 3.8) is 0 Å². The fourth-order valence-electron chi connectivity index (χ4n) is 7.84. The van der Waals surface area contributed by atoms with Crippen molar-refractivity contribution < 1.29 is 33.3 Å². The molecule has 324 valence electrons. The zero-order valence-electron chi connectivity index (χ0n) is 35.1. The number of nitrogens with zero attached hydrogens (tertiary/aromatic N) is 2. The van der Waals surface area contributed by atoms with Gasteiger partial charge in [0.1, 0.15) is 31.0 Å². The molecular weight excluding hydrogens is 851 g/mol. The highest BCUT2D eigenvalue weighted by atomic mass is 35.5. The number of amides is 3. The fraction of sp³-hybridized carbons (Fsp3) is 0.216. The molecule has 2 aliphatic rings. The first-order valence-electron chi connectivity index (χ1n) is 20.8. The number of nitriles is 1. The summed E-state index contributed by atoms with van der Waals surface area (Å²) in [6.45, 7) is 2.55. The molecule has 0 bridgehead atoms. The van der Waals surface area contributed by atoms with Gasteiger partial charge in [-0.15, -0.1) is 0 Å². The Morgan fingerprint density at radius 3 is 2.19 bits per heavy atom. The second kappa shape index (κ2) is 19.6. The summed E-state index contributed by atoms with van der Waals surface area (Å²) in [6.07, 6.45) is -0.100. The molecule has 0 spiro atoms. The molecule has 1 unspecified atom stereocenters. The van der Waals surface area contributed by atoms with Gasteiger partial charge in [-0.1, -0.05) is 108 Å². The fourth-order valence-corrected chi connectivity index (χ4v) is 8.16. The first-order chi connectivity index (χ1) is 31.0. The number of nitrogens with one attached hydrogen (secondary N) is 2. The molecular formula is C51H44Cl2N4O7. The van der Waals surface area contributed by atoms with E-state index in [0.717, 1.165) is 44.5 Å². The quantitative estimate of drug-likeness (QED) is 0.116. The van der Waals surface area contributed by atoms with Crippen molar-refractivity contribution in [2.24, 2.45) is 0 Å². The number of fused-ring (bicyclic) bond motifs is 2. The SMILES string of the molecule is COC(=O)[C@H](Cc1ccc(-c2ccc(C#N)cc2)cc1)NC(=O)[C@@H]1Cc2cc3c(cc2CN1C(=O)N[C@@H](C)c1ccccc1)OC(c1ccc(OCc2ccc(Cl)c(Cl)c2)cc1)CO3. The maximum atomic E-state index is 14.4. The lowest BCUT2D eigenvalue weighted by Crippen LogP contribution is -2.58. The Bertz CT molecular complexity index is 2690. The molecule has 0 aliphatic carbocycles. The van der Waals surface area contributed by atoms with Crippen LogP contribution in [-0.2, 0) is 40.3 Å². The summed E-state index contributed by atoms with van der Waals surface area (Å²) >= 11 is 12.2. The Labute approximate surface area is 381 Å². The van der Waals surface area contributed by atoms with Crippen LogP contribution in [0, 0.1) is 11.3 Å². The summed E-state index contributed by atoms with van der Waals surface area (Å²) in [6, 6.07) is 40.5. The van der Waals surface area contributed by atoms with Gasteiger partial charge in [-0.3, -0.25) is 4.79 Å². The van der Waals surface area contributed by atoms with Crippen molar-refractivity contribution in [2.45, 2.75) is 57.1 Å². The van der Waals surface area contributed by atoms with Crippen LogP contribution in [-0.4, -0.2) is 48.6 Å². The highest BCUT2D eigenvalue weighted by Crippen LogP contribution is 2.41. The van der Waals surface area contributed by atoms with Crippen molar-refractivity contribution in [1.82, 2.24) is 15.5 Å². The number of benzene rings is 6. The molecule has 0 saturated heterocycles. The van der Waals surface area contributed by atoms with Gasteiger partial charge in [0.05, 0.1) is 34.8 Å². The number of carbonyl (C=O) groups is 3. The number of ether oxygens (including phenoxy) is 4. The van der Waals surface area contributed by atoms with E-state index in [0.29, 0.717) is 39.5 Å². The number of hydrogen-bond acceptors (Lipinski definition) is 8. The summed E-state index contributed by atoms with van der Waals surface area (Å²) in [4.78, 5) is 43.3. The van der Waals surface area contributed by atoms with Crippen molar-refractivity contribution in [3.05, 3.63) is 182 Å². The summed E-state index contributed by atoms with van der Waals surface area (Å²) in [7, 11) is 1.28. The van der Waals surface area contributed by atoms with E-state index < -0.39 is 36.1 Å². The van der Waals surface area contributed by atoms with Gasteiger partial charge in [0, 0.05) is 19.4 Å². The largest absolute Gasteiger partial charge is 0.489 e. The predicted molar refractivity (Wildman–Crippen MR) is 243 cm³/mol. The van der Waals surface area contributed by atoms with E-state index in [1.165, 1.54) is 12.0 Å². The standard InChI is InChI=1S/C51H44Cl2N4O7/c1-31(35-6-4-3-5-7-35)55-51(60)57-28-40-26-47-46(63-30-48(64-47)38-17-19-41(20-18-38)62-29-34-12-21-42(52)43(53)22-34)25-39(40)24-45(57)49(58)56-44(50(59)61-2)23-32-8-13-36(14-9-32)37-15-10-33(27-54)11-16-37/h3-22,25-26,31,44-45,48H,23-24,28-30H2,1-2H3,(H,55,60)(H,56,58)/t31-,44-,45-,48?/m0/s1. The number of rotatable bonds is 12. The minimum atomic E-state index is -1.03. The lowest BCUT2D eigenvalue weighted by molar-refractivity contribution is -0.145. The monoisotopic (exact) mass is 894 g/mol. The molecule has 2 N–H and O–H groups in total. The predicted octanol–water partition coefficient (Wildman–Crippen LogP) is 9.72. The Hall–Kier alpha value is -7.00. The maximum absolute atomic E-state index is 14.4. The van der Waals surface area contributed by atoms with Crippen LogP contribution in [0.5, 0.6) is 17.2 Å². The normalized spacial score (nSPS) is 16.0. The van der Waals surface area contributed by atoms with Gasteiger partial charge in [0.25, 0.3) is 0 Å². The average molecular weight is 896 g/mol. The zero-order valence-corrected chi connectivity index (χ0v) is 36.6. The van der Waals surface area contributed by atoms with E-state index in [9.17, 15) is 14.4 Å². The first-order valence-corrected chi connectivity index (χ1v) is 21.5. The molecule has 13 heteroatoms. The van der Waals surface area contributed by atoms with Crippen LogP contribution in [0.4, 0.5) is 4.79 Å². The third-order valence-electron chi connectivity index (χ3n) is 11.4. The van der Waals surface area contributed by atoms with Crippen molar-refractivity contribution in [3.8, 4) is 34.4 Å². The molecule has 0 aromatic heterocycles. The van der Waals surface area contributed by atoms with Crippen molar-refractivity contribution >= 4 is 41.1 Å². The molecule has 0 radical (unpaired) electrons.